The van der Waals surface area contributed by atoms with Gasteiger partial charge in [0.25, 0.3) is 0 Å². The number of hydrogen-bond donors (Lipinski definition) is 0. The van der Waals surface area contributed by atoms with Crippen LogP contribution in [0.3, 0.4) is 0 Å². The molecular formula is C33H34N4. The van der Waals surface area contributed by atoms with E-state index in [1.165, 1.54) is 66.3 Å². The Balaban J connectivity index is 2.11. The zero-order valence-electron chi connectivity index (χ0n) is 23.6. The van der Waals surface area contributed by atoms with Crippen molar-refractivity contribution in [2.24, 2.45) is 0 Å². The van der Waals surface area contributed by atoms with Gasteiger partial charge in [-0.25, -0.2) is 9.97 Å². The number of fused-ring (bicyclic) bond motifs is 3. The van der Waals surface area contributed by atoms with Crippen molar-refractivity contribution in [1.82, 2.24) is 14.5 Å². The lowest BCUT2D eigenvalue weighted by molar-refractivity contribution is 1.05. The highest BCUT2D eigenvalue weighted by atomic mass is 15.0. The van der Waals surface area contributed by atoms with E-state index in [1.807, 2.05) is 32.0 Å². The third kappa shape index (κ3) is 3.49. The average Bonchev–Trinajstić information content (AvgIpc) is 3.23. The van der Waals surface area contributed by atoms with E-state index in [0.717, 1.165) is 22.6 Å². The summed E-state index contributed by atoms with van der Waals surface area (Å²) in [5.74, 6) is 0.649. The maximum atomic E-state index is 9.78. The molecule has 0 radical (unpaired) electrons. The van der Waals surface area contributed by atoms with Gasteiger partial charge in [-0.1, -0.05) is 0 Å². The van der Waals surface area contributed by atoms with E-state index in [9.17, 15) is 5.26 Å². The smallest absolute Gasteiger partial charge is 0.161 e. The molecule has 0 aliphatic rings. The van der Waals surface area contributed by atoms with Crippen molar-refractivity contribution >= 4 is 21.8 Å². The van der Waals surface area contributed by atoms with Gasteiger partial charge in [0.15, 0.2) is 5.82 Å². The van der Waals surface area contributed by atoms with Crippen LogP contribution in [0.1, 0.15) is 61.5 Å². The molecule has 0 N–H and O–H groups in total. The Morgan fingerprint density at radius 2 is 1.05 bits per heavy atom. The van der Waals surface area contributed by atoms with Crippen molar-refractivity contribution in [3.8, 4) is 23.1 Å². The number of nitrogens with zero attached hydrogens (tertiary/aromatic N) is 4. The number of aryl methyl sites for hydroxylation is 6. The van der Waals surface area contributed by atoms with E-state index in [1.54, 1.807) is 0 Å². The molecule has 2 aromatic heterocycles. The highest BCUT2D eigenvalue weighted by molar-refractivity contribution is 6.15. The van der Waals surface area contributed by atoms with E-state index < -0.39 is 0 Å². The normalized spacial score (nSPS) is 11.5. The molecule has 3 aromatic carbocycles. The Kier molecular flexibility index (Phi) is 5.72. The molecule has 5 rings (SSSR count). The van der Waals surface area contributed by atoms with Crippen LogP contribution in [-0.2, 0) is 0 Å². The Bertz CT molecular complexity index is 1730. The van der Waals surface area contributed by atoms with E-state index in [2.05, 4.69) is 72.1 Å². The standard InChI is InChI=1S/C33H34N4/c1-16-13-17(2)36-33(35-16)27-14-26(15-34)11-12-28(27)37-31-24(9)20(5)18(3)22(7)29(31)30-23(8)19(4)21(6)25(10)32(30)37/h11-14H,1-10H3. The molecule has 4 heteroatoms. The van der Waals surface area contributed by atoms with Gasteiger partial charge in [-0.15, -0.1) is 0 Å². The van der Waals surface area contributed by atoms with Gasteiger partial charge in [-0.05, 0) is 138 Å². The zero-order valence-corrected chi connectivity index (χ0v) is 23.6. The fourth-order valence-electron chi connectivity index (χ4n) is 5.94. The Morgan fingerprint density at radius 3 is 1.51 bits per heavy atom. The molecule has 0 saturated heterocycles. The maximum Gasteiger partial charge on any atom is 0.161 e. The van der Waals surface area contributed by atoms with Crippen LogP contribution >= 0.6 is 0 Å². The zero-order chi connectivity index (χ0) is 26.9. The molecule has 0 unspecified atom stereocenters. The molecule has 0 saturated carbocycles. The number of rotatable bonds is 2. The second-order valence-corrected chi connectivity index (χ2v) is 10.6. The third-order valence-corrected chi connectivity index (χ3v) is 8.60. The van der Waals surface area contributed by atoms with E-state index in [-0.39, 0.29) is 0 Å². The molecule has 37 heavy (non-hydrogen) atoms. The molecule has 186 valence electrons. The highest BCUT2D eigenvalue weighted by Crippen LogP contribution is 2.44. The lowest BCUT2D eigenvalue weighted by Crippen LogP contribution is -2.05. The molecule has 0 aliphatic heterocycles. The first-order valence-electron chi connectivity index (χ1n) is 12.9. The molecule has 0 aliphatic carbocycles. The predicted octanol–water partition coefficient (Wildman–Crippen LogP) is 8.20. The Morgan fingerprint density at radius 1 is 0.595 bits per heavy atom. The molecule has 2 heterocycles. The maximum absolute atomic E-state index is 9.78. The summed E-state index contributed by atoms with van der Waals surface area (Å²) in [7, 11) is 0. The van der Waals surface area contributed by atoms with Crippen LogP contribution in [0, 0.1) is 80.6 Å². The van der Waals surface area contributed by atoms with Crippen LogP contribution < -0.4 is 0 Å². The largest absolute Gasteiger partial charge is 0.308 e. The van der Waals surface area contributed by atoms with Crippen molar-refractivity contribution in [2.75, 3.05) is 0 Å². The summed E-state index contributed by atoms with van der Waals surface area (Å²) in [6, 6.07) is 10.2. The summed E-state index contributed by atoms with van der Waals surface area (Å²) >= 11 is 0. The SMILES string of the molecule is Cc1cc(C)nc(-c2cc(C#N)ccc2-n2c3c(C)c(C)c(C)c(C)c3c3c(C)c(C)c(C)c(C)c32)n1. The van der Waals surface area contributed by atoms with Crippen LogP contribution in [0.2, 0.25) is 0 Å². The predicted molar refractivity (Wildman–Crippen MR) is 154 cm³/mol. The fourth-order valence-corrected chi connectivity index (χ4v) is 5.94. The number of hydrogen-bond acceptors (Lipinski definition) is 3. The summed E-state index contributed by atoms with van der Waals surface area (Å²) in [5.41, 5.74) is 17.3. The van der Waals surface area contributed by atoms with Crippen LogP contribution in [0.5, 0.6) is 0 Å². The van der Waals surface area contributed by atoms with Crippen molar-refractivity contribution in [2.45, 2.75) is 69.2 Å². The molecule has 0 bridgehead atoms. The molecule has 4 nitrogen and oxygen atoms in total. The molecule has 0 fully saturated rings. The molecular weight excluding hydrogens is 452 g/mol. The summed E-state index contributed by atoms with van der Waals surface area (Å²) in [6.07, 6.45) is 0. The number of benzene rings is 3. The Labute approximate surface area is 219 Å². The second kappa shape index (κ2) is 8.56. The quantitative estimate of drug-likeness (QED) is 0.253. The highest BCUT2D eigenvalue weighted by Gasteiger charge is 2.25. The first-order valence-corrected chi connectivity index (χ1v) is 12.9. The van der Waals surface area contributed by atoms with Crippen molar-refractivity contribution in [3.63, 3.8) is 0 Å². The van der Waals surface area contributed by atoms with Gasteiger partial charge in [-0.2, -0.15) is 5.26 Å². The number of nitriles is 1. The monoisotopic (exact) mass is 486 g/mol. The lowest BCUT2D eigenvalue weighted by atomic mass is 9.90. The van der Waals surface area contributed by atoms with Gasteiger partial charge in [0.2, 0.25) is 0 Å². The van der Waals surface area contributed by atoms with Crippen LogP contribution in [0.4, 0.5) is 0 Å². The average molecular weight is 487 g/mol. The molecule has 0 amide bonds. The van der Waals surface area contributed by atoms with Crippen molar-refractivity contribution in [3.05, 3.63) is 85.7 Å². The Hall–Kier alpha value is -3.97. The van der Waals surface area contributed by atoms with Gasteiger partial charge in [-0.3, -0.25) is 0 Å². The summed E-state index contributed by atoms with van der Waals surface area (Å²) in [6.45, 7) is 21.9. The summed E-state index contributed by atoms with van der Waals surface area (Å²) < 4.78 is 2.42. The van der Waals surface area contributed by atoms with Crippen LogP contribution in [-0.4, -0.2) is 14.5 Å². The van der Waals surface area contributed by atoms with Gasteiger partial charge < -0.3 is 4.57 Å². The molecule has 0 spiro atoms. The van der Waals surface area contributed by atoms with Crippen LogP contribution in [0.15, 0.2) is 24.3 Å². The molecule has 5 aromatic rings. The first kappa shape index (κ1) is 24.7. The topological polar surface area (TPSA) is 54.5 Å². The minimum atomic E-state index is 0.599. The first-order chi connectivity index (χ1) is 17.5. The number of aromatic nitrogens is 3. The fraction of sp³-hybridized carbons (Fsp3) is 0.303. The second-order valence-electron chi connectivity index (χ2n) is 10.6. The molecule has 0 atom stereocenters. The minimum Gasteiger partial charge on any atom is -0.308 e. The van der Waals surface area contributed by atoms with E-state index in [0.29, 0.717) is 11.4 Å². The third-order valence-electron chi connectivity index (χ3n) is 8.60. The lowest BCUT2D eigenvalue weighted by Gasteiger charge is -2.18. The summed E-state index contributed by atoms with van der Waals surface area (Å²) in [4.78, 5) is 9.64. The van der Waals surface area contributed by atoms with E-state index >= 15 is 0 Å². The van der Waals surface area contributed by atoms with Gasteiger partial charge in [0.05, 0.1) is 28.4 Å². The van der Waals surface area contributed by atoms with Crippen molar-refractivity contribution < 1.29 is 0 Å². The summed E-state index contributed by atoms with van der Waals surface area (Å²) in [5, 5.41) is 12.4. The van der Waals surface area contributed by atoms with Gasteiger partial charge >= 0.3 is 0 Å². The van der Waals surface area contributed by atoms with Gasteiger partial charge in [0.1, 0.15) is 0 Å². The van der Waals surface area contributed by atoms with E-state index in [4.69, 9.17) is 9.97 Å². The van der Waals surface area contributed by atoms with Crippen LogP contribution in [0.25, 0.3) is 38.9 Å². The van der Waals surface area contributed by atoms with Gasteiger partial charge in [0, 0.05) is 27.7 Å². The minimum absolute atomic E-state index is 0.599. The van der Waals surface area contributed by atoms with Crippen molar-refractivity contribution in [1.29, 1.82) is 5.26 Å².